The highest BCUT2D eigenvalue weighted by atomic mass is 19.1. The third-order valence-corrected chi connectivity index (χ3v) is 6.47. The zero-order chi connectivity index (χ0) is 29.3. The van der Waals surface area contributed by atoms with Crippen molar-refractivity contribution in [2.24, 2.45) is 0 Å². The van der Waals surface area contributed by atoms with Crippen molar-refractivity contribution < 1.29 is 28.2 Å². The minimum atomic E-state index is -1.51. The van der Waals surface area contributed by atoms with Gasteiger partial charge < -0.3 is 14.8 Å². The summed E-state index contributed by atoms with van der Waals surface area (Å²) in [6, 6.07) is 20.8. The summed E-state index contributed by atoms with van der Waals surface area (Å²) in [6.45, 7) is 10.4. The molecule has 0 aromatic heterocycles. The van der Waals surface area contributed by atoms with Crippen LogP contribution < -0.4 is 10.2 Å². The number of amides is 3. The van der Waals surface area contributed by atoms with Gasteiger partial charge >= 0.3 is 12.2 Å². The molecule has 3 amide bonds. The normalized spacial score (nSPS) is 17.7. The van der Waals surface area contributed by atoms with Crippen molar-refractivity contribution >= 4 is 23.8 Å². The Balaban J connectivity index is 1.97. The van der Waals surface area contributed by atoms with E-state index in [0.717, 1.165) is 10.5 Å². The molecule has 2 atom stereocenters. The van der Waals surface area contributed by atoms with Gasteiger partial charge in [0.05, 0.1) is 11.7 Å². The molecule has 0 spiro atoms. The highest BCUT2D eigenvalue weighted by Gasteiger charge is 2.59. The van der Waals surface area contributed by atoms with Crippen LogP contribution in [0.1, 0.15) is 64.3 Å². The number of halogens is 1. The number of para-hydroxylation sites is 1. The van der Waals surface area contributed by atoms with Gasteiger partial charge in [-0.1, -0.05) is 60.7 Å². The van der Waals surface area contributed by atoms with Gasteiger partial charge in [0.25, 0.3) is 0 Å². The van der Waals surface area contributed by atoms with Gasteiger partial charge in [-0.05, 0) is 82.9 Å². The molecule has 40 heavy (non-hydrogen) atoms. The van der Waals surface area contributed by atoms with E-state index < -0.39 is 46.6 Å². The number of anilines is 1. The number of alkyl carbamates (subject to hydrolysis) is 1. The molecule has 0 bridgehead atoms. The highest BCUT2D eigenvalue weighted by Crippen LogP contribution is 2.51. The number of nitrogens with zero attached hydrogens (tertiary/aromatic N) is 1. The van der Waals surface area contributed by atoms with Gasteiger partial charge in [-0.2, -0.15) is 0 Å². The minimum absolute atomic E-state index is 0.126. The second-order valence-electron chi connectivity index (χ2n) is 11.9. The Bertz CT molecular complexity index is 1390. The standard InChI is InChI=1S/C32H35FN2O5/c1-30(2,3)39-28(37)34-26(22-16-18-23(33)19-17-22)32(20-21-12-8-7-9-13-21)24-14-10-11-15-25(24)35(27(32)36)29(38)40-31(4,5)6/h7-19,26H,20H2,1-6H3,(H,34,37)/t26-,32?/m1/s1. The molecule has 1 N–H and O–H groups in total. The van der Waals surface area contributed by atoms with E-state index in [0.29, 0.717) is 16.8 Å². The van der Waals surface area contributed by atoms with E-state index in [1.165, 1.54) is 24.3 Å². The first kappa shape index (κ1) is 28.8. The average Bonchev–Trinajstić information content (AvgIpc) is 3.10. The smallest absolute Gasteiger partial charge is 0.421 e. The molecule has 3 aromatic carbocycles. The molecule has 1 aliphatic rings. The summed E-state index contributed by atoms with van der Waals surface area (Å²) < 4.78 is 25.3. The van der Waals surface area contributed by atoms with E-state index >= 15 is 0 Å². The fourth-order valence-electron chi connectivity index (χ4n) is 5.00. The zero-order valence-electron chi connectivity index (χ0n) is 23.7. The maximum Gasteiger partial charge on any atom is 0.421 e. The van der Waals surface area contributed by atoms with Gasteiger partial charge in [-0.15, -0.1) is 0 Å². The van der Waals surface area contributed by atoms with Crippen LogP contribution in [0.25, 0.3) is 0 Å². The average molecular weight is 547 g/mol. The maximum absolute atomic E-state index is 14.7. The topological polar surface area (TPSA) is 84.9 Å². The molecule has 1 unspecified atom stereocenters. The molecule has 0 aliphatic carbocycles. The van der Waals surface area contributed by atoms with E-state index in [-0.39, 0.29) is 6.42 Å². The lowest BCUT2D eigenvalue weighted by Gasteiger charge is -2.38. The van der Waals surface area contributed by atoms with Crippen LogP contribution in [0.15, 0.2) is 78.9 Å². The van der Waals surface area contributed by atoms with Crippen LogP contribution >= 0.6 is 0 Å². The number of rotatable bonds is 5. The molecule has 4 rings (SSSR count). The Kier molecular flexibility index (Phi) is 7.74. The number of hydrogen-bond donors (Lipinski definition) is 1. The Morgan fingerprint density at radius 3 is 2.02 bits per heavy atom. The second kappa shape index (κ2) is 10.8. The van der Waals surface area contributed by atoms with Crippen LogP contribution in [0.2, 0.25) is 0 Å². The van der Waals surface area contributed by atoms with Gasteiger partial charge in [-0.3, -0.25) is 4.79 Å². The fourth-order valence-corrected chi connectivity index (χ4v) is 5.00. The Labute approximate surface area is 234 Å². The first-order valence-electron chi connectivity index (χ1n) is 13.2. The number of benzene rings is 3. The highest BCUT2D eigenvalue weighted by molar-refractivity contribution is 6.21. The van der Waals surface area contributed by atoms with Gasteiger partial charge in [0, 0.05) is 0 Å². The van der Waals surface area contributed by atoms with Crippen LogP contribution in [0.3, 0.4) is 0 Å². The SMILES string of the molecule is CC(C)(C)OC(=O)N[C@H](c1ccc(F)cc1)C1(Cc2ccccc2)C(=O)N(C(=O)OC(C)(C)C)c2ccccc21. The molecule has 1 heterocycles. The Hall–Kier alpha value is -4.20. The van der Waals surface area contributed by atoms with Crippen LogP contribution in [0.5, 0.6) is 0 Å². The molecule has 7 nitrogen and oxygen atoms in total. The van der Waals surface area contributed by atoms with E-state index in [9.17, 15) is 18.8 Å². The van der Waals surface area contributed by atoms with Crippen LogP contribution in [-0.2, 0) is 26.1 Å². The molecule has 0 fully saturated rings. The first-order chi connectivity index (χ1) is 18.7. The summed E-state index contributed by atoms with van der Waals surface area (Å²) in [5, 5.41) is 2.91. The molecule has 8 heteroatoms. The Morgan fingerprint density at radius 1 is 0.850 bits per heavy atom. The van der Waals surface area contributed by atoms with E-state index in [4.69, 9.17) is 9.47 Å². The summed E-state index contributed by atoms with van der Waals surface area (Å²) in [5.41, 5.74) is -1.03. The van der Waals surface area contributed by atoms with Crippen LogP contribution in [0.4, 0.5) is 19.7 Å². The predicted octanol–water partition coefficient (Wildman–Crippen LogP) is 6.85. The predicted molar refractivity (Wildman–Crippen MR) is 150 cm³/mol. The lowest BCUT2D eigenvalue weighted by Crippen LogP contribution is -2.54. The molecule has 0 radical (unpaired) electrons. The van der Waals surface area contributed by atoms with Crippen molar-refractivity contribution in [1.82, 2.24) is 5.32 Å². The second-order valence-corrected chi connectivity index (χ2v) is 11.9. The van der Waals surface area contributed by atoms with E-state index in [1.54, 1.807) is 65.8 Å². The minimum Gasteiger partial charge on any atom is -0.444 e. The number of carbonyl (C=O) groups excluding carboxylic acids is 3. The van der Waals surface area contributed by atoms with Crippen molar-refractivity contribution in [2.45, 2.75) is 70.6 Å². The molecular formula is C32H35FN2O5. The monoisotopic (exact) mass is 546 g/mol. The van der Waals surface area contributed by atoms with Crippen molar-refractivity contribution in [2.75, 3.05) is 4.90 Å². The van der Waals surface area contributed by atoms with Crippen molar-refractivity contribution in [3.05, 3.63) is 101 Å². The lowest BCUT2D eigenvalue weighted by molar-refractivity contribution is -0.124. The molecular weight excluding hydrogens is 511 g/mol. The molecule has 3 aromatic rings. The Morgan fingerprint density at radius 2 is 1.43 bits per heavy atom. The number of nitrogens with one attached hydrogen (secondary N) is 1. The largest absolute Gasteiger partial charge is 0.444 e. The molecule has 0 saturated carbocycles. The van der Waals surface area contributed by atoms with Gasteiger partial charge in [0.1, 0.15) is 22.4 Å². The number of fused-ring (bicyclic) bond motifs is 1. The summed E-state index contributed by atoms with van der Waals surface area (Å²) >= 11 is 0. The van der Waals surface area contributed by atoms with Gasteiger partial charge in [0.2, 0.25) is 5.91 Å². The summed E-state index contributed by atoms with van der Waals surface area (Å²) in [4.78, 5) is 42.5. The molecule has 210 valence electrons. The zero-order valence-corrected chi connectivity index (χ0v) is 23.7. The number of carbonyl (C=O) groups is 3. The summed E-state index contributed by atoms with van der Waals surface area (Å²) in [5.74, 6) is -1.04. The number of hydrogen-bond acceptors (Lipinski definition) is 5. The summed E-state index contributed by atoms with van der Waals surface area (Å²) in [6.07, 6.45) is -1.45. The lowest BCUT2D eigenvalue weighted by atomic mass is 9.68. The number of ether oxygens (including phenoxy) is 2. The van der Waals surface area contributed by atoms with Crippen LogP contribution in [0, 0.1) is 5.82 Å². The van der Waals surface area contributed by atoms with Gasteiger partial charge in [-0.25, -0.2) is 18.9 Å². The van der Waals surface area contributed by atoms with Crippen molar-refractivity contribution in [1.29, 1.82) is 0 Å². The fraction of sp³-hybridized carbons (Fsp3) is 0.344. The van der Waals surface area contributed by atoms with E-state index in [1.807, 2.05) is 30.3 Å². The first-order valence-corrected chi connectivity index (χ1v) is 13.2. The third kappa shape index (κ3) is 6.01. The number of imide groups is 1. The maximum atomic E-state index is 14.7. The summed E-state index contributed by atoms with van der Waals surface area (Å²) in [7, 11) is 0. The van der Waals surface area contributed by atoms with Crippen molar-refractivity contribution in [3.63, 3.8) is 0 Å². The quantitative estimate of drug-likeness (QED) is 0.378. The third-order valence-electron chi connectivity index (χ3n) is 6.47. The van der Waals surface area contributed by atoms with Crippen LogP contribution in [-0.4, -0.2) is 29.3 Å². The van der Waals surface area contributed by atoms with E-state index in [2.05, 4.69) is 5.32 Å². The van der Waals surface area contributed by atoms with Crippen molar-refractivity contribution in [3.8, 4) is 0 Å². The molecule has 1 aliphatic heterocycles. The van der Waals surface area contributed by atoms with Gasteiger partial charge in [0.15, 0.2) is 0 Å². The molecule has 0 saturated heterocycles.